The van der Waals surface area contributed by atoms with Crippen LogP contribution in [0.4, 0.5) is 10.2 Å². The SMILES string of the molecule is CCC[C@H]1CN(c2ncc(CNS(=O)(=O)N(C)C)cc2Cl)CCN1C1CCN(Cc2ccc(Br)cc2F)CC1. The van der Waals surface area contributed by atoms with Gasteiger partial charge >= 0.3 is 0 Å². The summed E-state index contributed by atoms with van der Waals surface area (Å²) in [5.74, 6) is 0.601. The Kier molecular flexibility index (Phi) is 10.6. The van der Waals surface area contributed by atoms with Gasteiger partial charge in [-0.1, -0.05) is 46.9 Å². The minimum absolute atomic E-state index is 0.132. The highest BCUT2D eigenvalue weighted by molar-refractivity contribution is 9.10. The van der Waals surface area contributed by atoms with Crippen LogP contribution in [0.15, 0.2) is 34.9 Å². The number of anilines is 1. The molecule has 39 heavy (non-hydrogen) atoms. The Hall–Kier alpha value is -1.34. The Balaban J connectivity index is 1.34. The molecule has 2 fully saturated rings. The van der Waals surface area contributed by atoms with Crippen LogP contribution in [0.5, 0.6) is 0 Å². The average molecular weight is 646 g/mol. The quantitative estimate of drug-likeness (QED) is 0.411. The number of hydrogen-bond donors (Lipinski definition) is 1. The van der Waals surface area contributed by atoms with Gasteiger partial charge in [0.25, 0.3) is 10.2 Å². The van der Waals surface area contributed by atoms with Gasteiger partial charge in [0.05, 0.1) is 5.02 Å². The molecule has 1 atom stereocenters. The van der Waals surface area contributed by atoms with Crippen LogP contribution in [0.2, 0.25) is 5.02 Å². The summed E-state index contributed by atoms with van der Waals surface area (Å²) in [7, 11) is -0.551. The third-order valence-corrected chi connectivity index (χ3v) is 9.94. The molecule has 0 amide bonds. The topological polar surface area (TPSA) is 72.0 Å². The first-order valence-corrected chi connectivity index (χ1v) is 16.2. The van der Waals surface area contributed by atoms with Crippen molar-refractivity contribution in [1.29, 1.82) is 0 Å². The number of nitrogens with one attached hydrogen (secondary N) is 1. The van der Waals surface area contributed by atoms with Crippen molar-refractivity contribution in [3.63, 3.8) is 0 Å². The van der Waals surface area contributed by atoms with Gasteiger partial charge in [0, 0.05) is 75.1 Å². The highest BCUT2D eigenvalue weighted by Gasteiger charge is 2.34. The van der Waals surface area contributed by atoms with Crippen molar-refractivity contribution < 1.29 is 12.8 Å². The Labute approximate surface area is 245 Å². The predicted octanol–water partition coefficient (Wildman–Crippen LogP) is 4.49. The van der Waals surface area contributed by atoms with Gasteiger partial charge in [-0.3, -0.25) is 9.80 Å². The number of nitrogens with zero attached hydrogens (tertiary/aromatic N) is 5. The first-order chi connectivity index (χ1) is 18.6. The van der Waals surface area contributed by atoms with Crippen LogP contribution in [0.3, 0.4) is 0 Å². The third kappa shape index (κ3) is 7.90. The number of piperidine rings is 1. The fraction of sp³-hybridized carbons (Fsp3) is 0.593. The van der Waals surface area contributed by atoms with Gasteiger partial charge in [0.2, 0.25) is 0 Å². The number of benzene rings is 1. The zero-order valence-electron chi connectivity index (χ0n) is 22.9. The number of halogens is 3. The molecule has 0 radical (unpaired) electrons. The van der Waals surface area contributed by atoms with E-state index in [4.69, 9.17) is 11.6 Å². The molecular formula is C27H39BrClFN6O2S. The Morgan fingerprint density at radius 2 is 1.92 bits per heavy atom. The van der Waals surface area contributed by atoms with E-state index in [2.05, 4.69) is 47.3 Å². The van der Waals surface area contributed by atoms with Crippen LogP contribution in [0.25, 0.3) is 0 Å². The van der Waals surface area contributed by atoms with Crippen molar-refractivity contribution in [3.8, 4) is 0 Å². The molecule has 2 saturated heterocycles. The molecule has 0 aliphatic carbocycles. The van der Waals surface area contributed by atoms with Crippen LogP contribution in [0, 0.1) is 5.82 Å². The maximum absolute atomic E-state index is 14.3. The summed E-state index contributed by atoms with van der Waals surface area (Å²) in [4.78, 5) is 11.9. The van der Waals surface area contributed by atoms with Gasteiger partial charge < -0.3 is 4.90 Å². The van der Waals surface area contributed by atoms with Crippen LogP contribution in [-0.4, -0.2) is 86.4 Å². The summed E-state index contributed by atoms with van der Waals surface area (Å²) in [6, 6.07) is 8.04. The van der Waals surface area contributed by atoms with E-state index in [0.717, 1.165) is 78.6 Å². The Bertz CT molecular complexity index is 1230. The van der Waals surface area contributed by atoms with E-state index in [1.807, 2.05) is 12.1 Å². The molecule has 3 heterocycles. The van der Waals surface area contributed by atoms with Crippen molar-refractivity contribution in [2.24, 2.45) is 0 Å². The second kappa shape index (κ2) is 13.5. The number of pyridine rings is 1. The Morgan fingerprint density at radius 3 is 2.56 bits per heavy atom. The van der Waals surface area contributed by atoms with Crippen molar-refractivity contribution >= 4 is 43.6 Å². The number of aromatic nitrogens is 1. The van der Waals surface area contributed by atoms with Gasteiger partial charge in [0.1, 0.15) is 11.6 Å². The molecule has 4 rings (SSSR count). The van der Waals surface area contributed by atoms with Gasteiger partial charge in [-0.15, -0.1) is 0 Å². The summed E-state index contributed by atoms with van der Waals surface area (Å²) >= 11 is 9.98. The molecule has 2 aliphatic heterocycles. The minimum Gasteiger partial charge on any atom is -0.353 e. The second-order valence-electron chi connectivity index (χ2n) is 10.6. The predicted molar refractivity (Wildman–Crippen MR) is 159 cm³/mol. The van der Waals surface area contributed by atoms with Gasteiger partial charge in [-0.2, -0.15) is 17.4 Å². The normalized spacial score (nSPS) is 20.2. The molecule has 2 aromatic rings. The van der Waals surface area contributed by atoms with Gasteiger partial charge in [0.15, 0.2) is 0 Å². The first-order valence-electron chi connectivity index (χ1n) is 13.6. The lowest BCUT2D eigenvalue weighted by molar-refractivity contribution is 0.0587. The van der Waals surface area contributed by atoms with E-state index in [-0.39, 0.29) is 12.4 Å². The summed E-state index contributed by atoms with van der Waals surface area (Å²) in [5, 5.41) is 0.536. The molecular weight excluding hydrogens is 607 g/mol. The molecule has 0 saturated carbocycles. The lowest BCUT2D eigenvalue weighted by Crippen LogP contribution is -2.58. The van der Waals surface area contributed by atoms with Crippen LogP contribution in [-0.2, 0) is 23.3 Å². The lowest BCUT2D eigenvalue weighted by Gasteiger charge is -2.48. The summed E-state index contributed by atoms with van der Waals surface area (Å²) in [5.41, 5.74) is 1.47. The molecule has 8 nitrogen and oxygen atoms in total. The highest BCUT2D eigenvalue weighted by Crippen LogP contribution is 2.30. The molecule has 0 bridgehead atoms. The number of likely N-dealkylation sites (tertiary alicyclic amines) is 1. The summed E-state index contributed by atoms with van der Waals surface area (Å²) < 4.78 is 42.8. The Morgan fingerprint density at radius 1 is 1.18 bits per heavy atom. The second-order valence-corrected chi connectivity index (χ2v) is 13.9. The van der Waals surface area contributed by atoms with E-state index >= 15 is 0 Å². The highest BCUT2D eigenvalue weighted by atomic mass is 79.9. The maximum Gasteiger partial charge on any atom is 0.279 e. The lowest BCUT2D eigenvalue weighted by atomic mass is 9.97. The van der Waals surface area contributed by atoms with Crippen LogP contribution < -0.4 is 9.62 Å². The summed E-state index contributed by atoms with van der Waals surface area (Å²) in [6.45, 7) is 7.57. The largest absolute Gasteiger partial charge is 0.353 e. The molecule has 0 unspecified atom stereocenters. The van der Waals surface area contributed by atoms with E-state index in [0.29, 0.717) is 29.2 Å². The zero-order valence-corrected chi connectivity index (χ0v) is 26.1. The number of piperazine rings is 1. The molecule has 1 N–H and O–H groups in total. The van der Waals surface area contributed by atoms with Crippen molar-refractivity contribution in [2.75, 3.05) is 51.7 Å². The fourth-order valence-electron chi connectivity index (χ4n) is 5.54. The third-order valence-electron chi connectivity index (χ3n) is 7.70. The fourth-order valence-corrected chi connectivity index (χ4v) is 6.78. The monoisotopic (exact) mass is 644 g/mol. The molecule has 1 aromatic carbocycles. The van der Waals surface area contributed by atoms with E-state index in [1.165, 1.54) is 20.2 Å². The zero-order chi connectivity index (χ0) is 28.2. The van der Waals surface area contributed by atoms with E-state index in [1.54, 1.807) is 12.3 Å². The van der Waals surface area contributed by atoms with Crippen molar-refractivity contribution in [2.45, 2.75) is 57.8 Å². The van der Waals surface area contributed by atoms with Gasteiger partial charge in [-0.25, -0.2) is 9.37 Å². The van der Waals surface area contributed by atoms with Gasteiger partial charge in [-0.05, 0) is 56.1 Å². The number of hydrogen-bond acceptors (Lipinski definition) is 6. The van der Waals surface area contributed by atoms with Crippen molar-refractivity contribution in [3.05, 3.63) is 56.9 Å². The first kappa shape index (κ1) is 30.6. The van der Waals surface area contributed by atoms with E-state index < -0.39 is 10.2 Å². The molecule has 12 heteroatoms. The summed E-state index contributed by atoms with van der Waals surface area (Å²) in [6.07, 6.45) is 6.06. The molecule has 2 aliphatic rings. The van der Waals surface area contributed by atoms with Crippen molar-refractivity contribution in [1.82, 2.24) is 23.8 Å². The van der Waals surface area contributed by atoms with Crippen LogP contribution >= 0.6 is 27.5 Å². The number of rotatable bonds is 10. The molecule has 0 spiro atoms. The smallest absolute Gasteiger partial charge is 0.279 e. The molecule has 216 valence electrons. The van der Waals surface area contributed by atoms with E-state index in [9.17, 15) is 12.8 Å². The maximum atomic E-state index is 14.3. The minimum atomic E-state index is -3.52. The van der Waals surface area contributed by atoms with Crippen LogP contribution in [0.1, 0.15) is 43.7 Å². The standard InChI is InChI=1S/C27H39BrClFN6O2S/c1-4-5-24-19-35(27-25(29)14-20(16-31-27)17-32-39(37,38)33(2)3)12-13-36(24)23-8-10-34(11-9-23)18-21-6-7-22(28)15-26(21)30/h6-7,14-16,23-24,32H,4-5,8-13,17-19H2,1-3H3/t24-/m0/s1. The molecule has 1 aromatic heterocycles. The average Bonchev–Trinajstić information content (AvgIpc) is 2.90.